The molecular formula is C11H24N2O. The van der Waals surface area contributed by atoms with Gasteiger partial charge in [0.2, 0.25) is 5.91 Å². The van der Waals surface area contributed by atoms with Gasteiger partial charge in [-0.2, -0.15) is 0 Å². The summed E-state index contributed by atoms with van der Waals surface area (Å²) in [5.74, 6) is 0.203. The average Bonchev–Trinajstić information content (AvgIpc) is 2.14. The van der Waals surface area contributed by atoms with E-state index in [9.17, 15) is 4.79 Å². The summed E-state index contributed by atoms with van der Waals surface area (Å²) < 4.78 is 0. The second-order valence-electron chi connectivity index (χ2n) is 4.64. The highest BCUT2D eigenvalue weighted by Crippen LogP contribution is 2.10. The van der Waals surface area contributed by atoms with Crippen molar-refractivity contribution in [1.82, 2.24) is 5.32 Å². The Morgan fingerprint density at radius 2 is 1.93 bits per heavy atom. The zero-order chi connectivity index (χ0) is 11.4. The number of nitrogens with one attached hydrogen (secondary N) is 1. The minimum absolute atomic E-state index is 0.0359. The van der Waals surface area contributed by atoms with Crippen LogP contribution in [-0.4, -0.2) is 17.5 Å². The smallest absolute Gasteiger partial charge is 0.237 e. The fourth-order valence-electron chi connectivity index (χ4n) is 1.02. The third-order valence-corrected chi connectivity index (χ3v) is 2.91. The Morgan fingerprint density at radius 3 is 2.29 bits per heavy atom. The van der Waals surface area contributed by atoms with E-state index in [0.29, 0.717) is 0 Å². The number of hydrogen-bond donors (Lipinski definition) is 2. The van der Waals surface area contributed by atoms with Gasteiger partial charge >= 0.3 is 0 Å². The summed E-state index contributed by atoms with van der Waals surface area (Å²) in [6.45, 7) is 10.1. The lowest BCUT2D eigenvalue weighted by molar-refractivity contribution is -0.125. The first kappa shape index (κ1) is 13.4. The number of carbonyl (C=O) groups excluding carboxylic acids is 1. The van der Waals surface area contributed by atoms with Gasteiger partial charge in [0.1, 0.15) is 0 Å². The van der Waals surface area contributed by atoms with E-state index in [1.54, 1.807) is 0 Å². The molecule has 0 aromatic heterocycles. The monoisotopic (exact) mass is 200 g/mol. The highest BCUT2D eigenvalue weighted by Gasteiger charge is 2.24. The third kappa shape index (κ3) is 4.09. The number of carbonyl (C=O) groups is 1. The minimum atomic E-state index is -0.383. The molecule has 84 valence electrons. The Balaban J connectivity index is 4.21. The molecule has 1 amide bonds. The van der Waals surface area contributed by atoms with Gasteiger partial charge in [-0.25, -0.2) is 0 Å². The molecule has 0 aromatic rings. The van der Waals surface area contributed by atoms with Gasteiger partial charge in [-0.1, -0.05) is 27.2 Å². The molecule has 0 saturated carbocycles. The Bertz CT molecular complexity index is 190. The molecule has 0 aliphatic rings. The van der Waals surface area contributed by atoms with Gasteiger partial charge in [0.15, 0.2) is 0 Å². The molecule has 2 unspecified atom stereocenters. The highest BCUT2D eigenvalue weighted by molar-refractivity contribution is 5.82. The van der Waals surface area contributed by atoms with E-state index in [1.807, 2.05) is 27.7 Å². The van der Waals surface area contributed by atoms with E-state index < -0.39 is 0 Å². The second kappa shape index (κ2) is 5.35. The number of amides is 1. The molecule has 0 aliphatic carbocycles. The van der Waals surface area contributed by atoms with E-state index in [4.69, 9.17) is 5.73 Å². The Kier molecular flexibility index (Phi) is 5.13. The zero-order valence-corrected chi connectivity index (χ0v) is 10.1. The van der Waals surface area contributed by atoms with Crippen molar-refractivity contribution in [3.63, 3.8) is 0 Å². The van der Waals surface area contributed by atoms with Crippen LogP contribution >= 0.6 is 0 Å². The summed E-state index contributed by atoms with van der Waals surface area (Å²) in [6, 6.07) is -0.383. The lowest BCUT2D eigenvalue weighted by Crippen LogP contribution is -2.52. The molecule has 0 aliphatic heterocycles. The maximum atomic E-state index is 11.7. The van der Waals surface area contributed by atoms with E-state index >= 15 is 0 Å². The van der Waals surface area contributed by atoms with Gasteiger partial charge in [-0.3, -0.25) is 4.79 Å². The molecule has 0 spiro atoms. The van der Waals surface area contributed by atoms with Gasteiger partial charge in [0, 0.05) is 5.54 Å². The molecule has 3 nitrogen and oxygen atoms in total. The van der Waals surface area contributed by atoms with Crippen molar-refractivity contribution < 1.29 is 4.79 Å². The second-order valence-corrected chi connectivity index (χ2v) is 4.64. The Hall–Kier alpha value is -0.570. The van der Waals surface area contributed by atoms with Crippen LogP contribution < -0.4 is 11.1 Å². The lowest BCUT2D eigenvalue weighted by atomic mass is 9.96. The first-order chi connectivity index (χ1) is 6.34. The van der Waals surface area contributed by atoms with Crippen molar-refractivity contribution in [2.45, 2.75) is 59.0 Å². The maximum absolute atomic E-state index is 11.7. The molecule has 2 atom stereocenters. The van der Waals surface area contributed by atoms with Crippen LogP contribution in [0.25, 0.3) is 0 Å². The van der Waals surface area contributed by atoms with Gasteiger partial charge in [0.25, 0.3) is 0 Å². The van der Waals surface area contributed by atoms with E-state index in [2.05, 4.69) is 12.2 Å². The molecule has 0 bridgehead atoms. The average molecular weight is 200 g/mol. The summed E-state index contributed by atoms with van der Waals surface area (Å²) >= 11 is 0. The van der Waals surface area contributed by atoms with Crippen LogP contribution in [0, 0.1) is 5.92 Å². The molecule has 0 saturated heterocycles. The predicted octanol–water partition coefficient (Wildman–Crippen LogP) is 1.66. The number of hydrogen-bond acceptors (Lipinski definition) is 2. The first-order valence-electron chi connectivity index (χ1n) is 5.41. The minimum Gasteiger partial charge on any atom is -0.350 e. The Labute approximate surface area is 87.4 Å². The number of nitrogens with two attached hydrogens (primary N) is 1. The molecule has 0 heterocycles. The van der Waals surface area contributed by atoms with E-state index in [1.165, 1.54) is 0 Å². The van der Waals surface area contributed by atoms with Crippen molar-refractivity contribution >= 4 is 5.91 Å². The topological polar surface area (TPSA) is 55.1 Å². The Morgan fingerprint density at radius 1 is 1.43 bits per heavy atom. The van der Waals surface area contributed by atoms with Crippen LogP contribution in [-0.2, 0) is 4.79 Å². The molecule has 0 fully saturated rings. The summed E-state index contributed by atoms with van der Waals surface area (Å²) in [5, 5.41) is 2.96. The summed E-state index contributed by atoms with van der Waals surface area (Å²) in [4.78, 5) is 11.7. The SMILES string of the molecule is CCC(C)C(N)C(=O)NC(C)(C)CC. The largest absolute Gasteiger partial charge is 0.350 e. The molecule has 3 heteroatoms. The van der Waals surface area contributed by atoms with Crippen LogP contribution in [0.2, 0.25) is 0 Å². The summed E-state index contributed by atoms with van der Waals surface area (Å²) in [6.07, 6.45) is 1.84. The van der Waals surface area contributed by atoms with Crippen molar-refractivity contribution in [1.29, 1.82) is 0 Å². The fraction of sp³-hybridized carbons (Fsp3) is 0.909. The predicted molar refractivity (Wildman–Crippen MR) is 59.9 cm³/mol. The molecule has 0 rings (SSSR count). The van der Waals surface area contributed by atoms with Gasteiger partial charge in [0.05, 0.1) is 6.04 Å². The van der Waals surface area contributed by atoms with Crippen molar-refractivity contribution in [3.8, 4) is 0 Å². The van der Waals surface area contributed by atoms with Gasteiger partial charge < -0.3 is 11.1 Å². The molecular weight excluding hydrogens is 176 g/mol. The third-order valence-electron chi connectivity index (χ3n) is 2.91. The van der Waals surface area contributed by atoms with Crippen LogP contribution in [0.1, 0.15) is 47.5 Å². The molecule has 0 aromatic carbocycles. The zero-order valence-electron chi connectivity index (χ0n) is 10.1. The van der Waals surface area contributed by atoms with Crippen molar-refractivity contribution in [3.05, 3.63) is 0 Å². The molecule has 0 radical (unpaired) electrons. The lowest BCUT2D eigenvalue weighted by Gasteiger charge is -2.28. The fourth-order valence-corrected chi connectivity index (χ4v) is 1.02. The molecule has 3 N–H and O–H groups in total. The maximum Gasteiger partial charge on any atom is 0.237 e. The van der Waals surface area contributed by atoms with Gasteiger partial charge in [-0.15, -0.1) is 0 Å². The van der Waals surface area contributed by atoms with Crippen molar-refractivity contribution in [2.24, 2.45) is 11.7 Å². The number of rotatable bonds is 5. The van der Waals surface area contributed by atoms with Crippen LogP contribution in [0.4, 0.5) is 0 Å². The van der Waals surface area contributed by atoms with Crippen LogP contribution in [0.5, 0.6) is 0 Å². The van der Waals surface area contributed by atoms with Crippen LogP contribution in [0.3, 0.4) is 0 Å². The molecule has 14 heavy (non-hydrogen) atoms. The van der Waals surface area contributed by atoms with Gasteiger partial charge in [-0.05, 0) is 26.2 Å². The quantitative estimate of drug-likeness (QED) is 0.709. The van der Waals surface area contributed by atoms with E-state index in [-0.39, 0.29) is 23.4 Å². The van der Waals surface area contributed by atoms with Crippen molar-refractivity contribution in [2.75, 3.05) is 0 Å². The summed E-state index contributed by atoms with van der Waals surface area (Å²) in [5.41, 5.74) is 5.67. The highest BCUT2D eigenvalue weighted by atomic mass is 16.2. The first-order valence-corrected chi connectivity index (χ1v) is 5.41. The normalized spacial score (nSPS) is 16.1. The summed E-state index contributed by atoms with van der Waals surface area (Å²) in [7, 11) is 0. The van der Waals surface area contributed by atoms with Crippen LogP contribution in [0.15, 0.2) is 0 Å². The standard InChI is InChI=1S/C11H24N2O/c1-6-8(3)9(12)10(14)13-11(4,5)7-2/h8-9H,6-7,12H2,1-5H3,(H,13,14). The van der Waals surface area contributed by atoms with E-state index in [0.717, 1.165) is 12.8 Å².